The van der Waals surface area contributed by atoms with E-state index in [1.807, 2.05) is 78.9 Å². The van der Waals surface area contributed by atoms with Crippen LogP contribution in [-0.4, -0.2) is 35.7 Å². The van der Waals surface area contributed by atoms with Gasteiger partial charge in [-0.15, -0.1) is 0 Å². The number of benzene rings is 4. The van der Waals surface area contributed by atoms with E-state index < -0.39 is 11.6 Å². The molecule has 1 aliphatic heterocycles. The fraction of sp³-hybridized carbons (Fsp3) is 0.212. The minimum absolute atomic E-state index is 0.0644. The molecule has 2 N–H and O–H groups in total. The van der Waals surface area contributed by atoms with Gasteiger partial charge in [-0.1, -0.05) is 93.7 Å². The summed E-state index contributed by atoms with van der Waals surface area (Å²) in [4.78, 5) is 19.4. The molecule has 1 amide bonds. The van der Waals surface area contributed by atoms with Gasteiger partial charge in [-0.25, -0.2) is 4.99 Å². The van der Waals surface area contributed by atoms with Crippen molar-refractivity contribution in [1.82, 2.24) is 5.32 Å². The Balaban J connectivity index is 1.55. The van der Waals surface area contributed by atoms with E-state index in [4.69, 9.17) is 42.8 Å². The zero-order valence-corrected chi connectivity index (χ0v) is 25.7. The van der Waals surface area contributed by atoms with Crippen LogP contribution in [0.3, 0.4) is 0 Å². The molecule has 6 nitrogen and oxygen atoms in total. The molecular weight excluding hydrogens is 639 g/mol. The first-order valence-electron chi connectivity index (χ1n) is 13.5. The van der Waals surface area contributed by atoms with E-state index in [0.717, 1.165) is 21.2 Å². The molecule has 0 saturated heterocycles. The highest BCUT2D eigenvalue weighted by atomic mass is 79.9. The van der Waals surface area contributed by atoms with Crippen molar-refractivity contribution in [3.63, 3.8) is 0 Å². The monoisotopic (exact) mass is 666 g/mol. The maximum Gasteiger partial charge on any atom is 0.252 e. The summed E-state index contributed by atoms with van der Waals surface area (Å²) in [6.07, 6.45) is 0.111. The van der Waals surface area contributed by atoms with Crippen LogP contribution in [0.25, 0.3) is 0 Å². The Morgan fingerprint density at radius 1 is 1.00 bits per heavy atom. The van der Waals surface area contributed by atoms with Gasteiger partial charge in [0.1, 0.15) is 5.75 Å². The van der Waals surface area contributed by atoms with Gasteiger partial charge in [0.15, 0.2) is 11.6 Å². The fourth-order valence-corrected chi connectivity index (χ4v) is 5.82. The third kappa shape index (κ3) is 6.81. The number of aliphatic hydroxyl groups excluding tert-OH is 1. The number of aliphatic imine (C=N–C) groups is 1. The average molecular weight is 668 g/mol. The summed E-state index contributed by atoms with van der Waals surface area (Å²) in [6, 6.07) is 30.0. The van der Waals surface area contributed by atoms with Crippen LogP contribution < -0.4 is 10.1 Å². The second-order valence-electron chi connectivity index (χ2n) is 9.89. The summed E-state index contributed by atoms with van der Waals surface area (Å²) in [7, 11) is 0. The Bertz CT molecular complexity index is 1570. The SMILES string of the molecule is O=C(NCc1ccc(Cl)cc1Cl)[C@]1(Cc2ccccc2)N=C(c2ccc(OCCCO)cc2)O[C@@H]1c1ccccc1Br. The maximum absolute atomic E-state index is 14.4. The van der Waals surface area contributed by atoms with Crippen molar-refractivity contribution in [2.24, 2.45) is 4.99 Å². The van der Waals surface area contributed by atoms with Crippen molar-refractivity contribution in [2.75, 3.05) is 13.2 Å². The number of hydrogen-bond donors (Lipinski definition) is 2. The van der Waals surface area contributed by atoms with Crippen molar-refractivity contribution in [3.8, 4) is 5.75 Å². The molecule has 0 aromatic heterocycles. The molecule has 9 heteroatoms. The molecular formula is C33H29BrCl2N2O4. The van der Waals surface area contributed by atoms with Crippen LogP contribution in [0, 0.1) is 0 Å². The molecule has 4 aromatic carbocycles. The fourth-order valence-electron chi connectivity index (χ4n) is 4.85. The van der Waals surface area contributed by atoms with E-state index in [1.165, 1.54) is 0 Å². The average Bonchev–Trinajstić information content (AvgIpc) is 3.38. The zero-order valence-electron chi connectivity index (χ0n) is 22.6. The third-order valence-electron chi connectivity index (χ3n) is 6.99. The van der Waals surface area contributed by atoms with Gasteiger partial charge in [0.05, 0.1) is 6.61 Å². The molecule has 42 heavy (non-hydrogen) atoms. The molecule has 1 heterocycles. The topological polar surface area (TPSA) is 80.2 Å². The standard InChI is InChI=1S/C33H29BrCl2N2O4/c34-28-10-5-4-9-27(28)30-33(20-22-7-2-1-3-8-22,32(40)37-21-24-11-14-25(35)19-29(24)36)38-31(42-30)23-12-15-26(16-13-23)41-18-6-17-39/h1-5,7-16,19,30,39H,6,17-18,20-21H2,(H,37,40)/t30-,33-/m1/s1. The molecule has 2 atom stereocenters. The quantitative estimate of drug-likeness (QED) is 0.164. The maximum atomic E-state index is 14.4. The zero-order chi connectivity index (χ0) is 29.5. The Hall–Kier alpha value is -3.36. The Labute approximate surface area is 263 Å². The molecule has 0 aliphatic carbocycles. The number of nitrogens with zero attached hydrogens (tertiary/aromatic N) is 1. The molecule has 0 fully saturated rings. The van der Waals surface area contributed by atoms with Crippen LogP contribution in [0.15, 0.2) is 107 Å². The summed E-state index contributed by atoms with van der Waals surface area (Å²) in [5, 5.41) is 13.1. The van der Waals surface area contributed by atoms with Crippen molar-refractivity contribution in [3.05, 3.63) is 134 Å². The van der Waals surface area contributed by atoms with Crippen LogP contribution in [-0.2, 0) is 22.5 Å². The van der Waals surface area contributed by atoms with Crippen LogP contribution in [0.1, 0.15) is 34.8 Å². The Morgan fingerprint density at radius 3 is 2.45 bits per heavy atom. The minimum Gasteiger partial charge on any atom is -0.494 e. The van der Waals surface area contributed by atoms with Gasteiger partial charge in [0.2, 0.25) is 5.90 Å². The summed E-state index contributed by atoms with van der Waals surface area (Å²) in [5.41, 5.74) is 1.85. The molecule has 216 valence electrons. The number of aliphatic hydroxyl groups is 1. The second-order valence-corrected chi connectivity index (χ2v) is 11.6. The largest absolute Gasteiger partial charge is 0.494 e. The Kier molecular flexibility index (Phi) is 9.85. The van der Waals surface area contributed by atoms with Gasteiger partial charge in [-0.2, -0.15) is 0 Å². The highest BCUT2D eigenvalue weighted by Gasteiger charge is 2.53. The van der Waals surface area contributed by atoms with E-state index in [9.17, 15) is 4.79 Å². The molecule has 4 aromatic rings. The summed E-state index contributed by atoms with van der Waals surface area (Å²) in [6.45, 7) is 0.670. The van der Waals surface area contributed by atoms with Crippen LogP contribution in [0.2, 0.25) is 10.0 Å². The highest BCUT2D eigenvalue weighted by Crippen LogP contribution is 2.44. The second kappa shape index (κ2) is 13.7. The van der Waals surface area contributed by atoms with Gasteiger partial charge in [0, 0.05) is 51.6 Å². The molecule has 0 saturated carbocycles. The Morgan fingerprint density at radius 2 is 1.74 bits per heavy atom. The molecule has 0 spiro atoms. The van der Waals surface area contributed by atoms with E-state index >= 15 is 0 Å². The van der Waals surface area contributed by atoms with Crippen molar-refractivity contribution < 1.29 is 19.4 Å². The predicted octanol–water partition coefficient (Wildman–Crippen LogP) is 7.33. The summed E-state index contributed by atoms with van der Waals surface area (Å²) >= 11 is 16.2. The van der Waals surface area contributed by atoms with Crippen molar-refractivity contribution >= 4 is 50.9 Å². The third-order valence-corrected chi connectivity index (χ3v) is 8.30. The van der Waals surface area contributed by atoms with E-state index in [0.29, 0.717) is 46.7 Å². The van der Waals surface area contributed by atoms with Gasteiger partial charge in [-0.05, 0) is 53.6 Å². The number of hydrogen-bond acceptors (Lipinski definition) is 5. The number of nitrogens with one attached hydrogen (secondary N) is 1. The summed E-state index contributed by atoms with van der Waals surface area (Å²) < 4.78 is 13.1. The molecule has 0 radical (unpaired) electrons. The van der Waals surface area contributed by atoms with Crippen molar-refractivity contribution in [1.29, 1.82) is 0 Å². The lowest BCUT2D eigenvalue weighted by Gasteiger charge is -2.31. The van der Waals surface area contributed by atoms with Gasteiger partial charge < -0.3 is 19.9 Å². The van der Waals surface area contributed by atoms with Crippen molar-refractivity contribution in [2.45, 2.75) is 31.0 Å². The first-order valence-corrected chi connectivity index (χ1v) is 15.1. The lowest BCUT2D eigenvalue weighted by atomic mass is 9.82. The lowest BCUT2D eigenvalue weighted by molar-refractivity contribution is -0.129. The first-order chi connectivity index (χ1) is 20.4. The normalized spacial score (nSPS) is 17.8. The molecule has 0 unspecified atom stereocenters. The molecule has 0 bridgehead atoms. The minimum atomic E-state index is -1.34. The number of rotatable bonds is 11. The number of amides is 1. The van der Waals surface area contributed by atoms with Gasteiger partial charge in [0.25, 0.3) is 5.91 Å². The lowest BCUT2D eigenvalue weighted by Crippen LogP contribution is -2.49. The van der Waals surface area contributed by atoms with Gasteiger partial charge in [-0.3, -0.25) is 4.79 Å². The van der Waals surface area contributed by atoms with Crippen LogP contribution in [0.4, 0.5) is 0 Å². The highest BCUT2D eigenvalue weighted by molar-refractivity contribution is 9.10. The predicted molar refractivity (Wildman–Crippen MR) is 169 cm³/mol. The smallest absolute Gasteiger partial charge is 0.252 e. The van der Waals surface area contributed by atoms with E-state index in [2.05, 4.69) is 21.2 Å². The van der Waals surface area contributed by atoms with E-state index in [-0.39, 0.29) is 19.1 Å². The van der Waals surface area contributed by atoms with Gasteiger partial charge >= 0.3 is 0 Å². The number of carbonyl (C=O) groups excluding carboxylic acids is 1. The molecule has 1 aliphatic rings. The van der Waals surface area contributed by atoms with Crippen LogP contribution >= 0.6 is 39.1 Å². The molecule has 5 rings (SSSR count). The number of carbonyl (C=O) groups is 1. The summed E-state index contributed by atoms with van der Waals surface area (Å²) in [5.74, 6) is 0.728. The number of halogens is 3. The first kappa shape index (κ1) is 30.1. The van der Waals surface area contributed by atoms with E-state index in [1.54, 1.807) is 18.2 Å². The van der Waals surface area contributed by atoms with Crippen LogP contribution in [0.5, 0.6) is 5.75 Å². The number of ether oxygens (including phenoxy) is 2.